The fourth-order valence-corrected chi connectivity index (χ4v) is 1.67. The molecule has 1 aromatic carbocycles. The number of hydrogen-bond acceptors (Lipinski definition) is 0. The summed E-state index contributed by atoms with van der Waals surface area (Å²) in [6.07, 6.45) is 0.457. The molecule has 1 saturated carbocycles. The average Bonchev–Trinajstić information content (AvgIpc) is 2.90. The number of hydrogen-bond donors (Lipinski definition) is 0. The Morgan fingerprint density at radius 1 is 0.800 bits per heavy atom. The molecule has 2 rings (SSSR count). The molecule has 0 aliphatic heterocycles. The van der Waals surface area contributed by atoms with Crippen LogP contribution in [0.15, 0.2) is 0 Å². The Hall–Kier alpha value is -1.13. The lowest BCUT2D eigenvalue weighted by Crippen LogP contribution is -2.06. The Bertz CT molecular complexity index is 397. The van der Waals surface area contributed by atoms with E-state index in [0.29, 0.717) is 6.42 Å². The van der Waals surface area contributed by atoms with E-state index < -0.39 is 40.6 Å². The highest BCUT2D eigenvalue weighted by atomic mass is 19.2. The van der Waals surface area contributed by atoms with Gasteiger partial charge in [0.2, 0.25) is 5.82 Å². The Labute approximate surface area is 82.7 Å². The van der Waals surface area contributed by atoms with Gasteiger partial charge in [-0.3, -0.25) is 0 Å². The van der Waals surface area contributed by atoms with Gasteiger partial charge in [-0.15, -0.1) is 0 Å². The standard InChI is InChI=1S/C10H7F5/c1-3-2-4(3)5-6(11)8(13)10(15)9(14)7(5)12/h3-4H,2H2,1H3. The van der Waals surface area contributed by atoms with Gasteiger partial charge in [0.15, 0.2) is 23.3 Å². The van der Waals surface area contributed by atoms with Crippen LogP contribution in [0.1, 0.15) is 24.8 Å². The van der Waals surface area contributed by atoms with E-state index in [-0.39, 0.29) is 5.92 Å². The van der Waals surface area contributed by atoms with Crippen LogP contribution >= 0.6 is 0 Å². The van der Waals surface area contributed by atoms with E-state index in [0.717, 1.165) is 0 Å². The molecule has 1 aromatic rings. The highest BCUT2D eigenvalue weighted by Crippen LogP contribution is 2.49. The van der Waals surface area contributed by atoms with Crippen LogP contribution in [-0.4, -0.2) is 0 Å². The molecule has 1 aliphatic rings. The SMILES string of the molecule is CC1CC1c1c(F)c(F)c(F)c(F)c1F. The largest absolute Gasteiger partial charge is 0.203 e. The summed E-state index contributed by atoms with van der Waals surface area (Å²) in [7, 11) is 0. The maximum atomic E-state index is 13.1. The molecule has 0 aromatic heterocycles. The van der Waals surface area contributed by atoms with Crippen molar-refractivity contribution in [1.29, 1.82) is 0 Å². The van der Waals surface area contributed by atoms with Crippen LogP contribution in [-0.2, 0) is 0 Å². The molecular formula is C10H7F5. The fourth-order valence-electron chi connectivity index (χ4n) is 1.67. The van der Waals surface area contributed by atoms with Crippen molar-refractivity contribution in [2.45, 2.75) is 19.3 Å². The van der Waals surface area contributed by atoms with Gasteiger partial charge in [-0.1, -0.05) is 6.92 Å². The lowest BCUT2D eigenvalue weighted by atomic mass is 10.1. The zero-order valence-electron chi connectivity index (χ0n) is 7.75. The first-order valence-electron chi connectivity index (χ1n) is 4.46. The normalized spacial score (nSPS) is 24.4. The van der Waals surface area contributed by atoms with Crippen LogP contribution in [0.3, 0.4) is 0 Å². The highest BCUT2D eigenvalue weighted by molar-refractivity contribution is 5.31. The average molecular weight is 222 g/mol. The van der Waals surface area contributed by atoms with E-state index in [9.17, 15) is 22.0 Å². The van der Waals surface area contributed by atoms with Crippen molar-refractivity contribution in [2.75, 3.05) is 0 Å². The summed E-state index contributed by atoms with van der Waals surface area (Å²) in [5.41, 5.74) is -0.668. The molecule has 0 spiro atoms. The zero-order chi connectivity index (χ0) is 11.3. The minimum atomic E-state index is -2.10. The first-order chi connectivity index (χ1) is 6.95. The number of halogens is 5. The predicted molar refractivity (Wildman–Crippen MR) is 42.8 cm³/mol. The zero-order valence-corrected chi connectivity index (χ0v) is 7.75. The van der Waals surface area contributed by atoms with E-state index >= 15 is 0 Å². The summed E-state index contributed by atoms with van der Waals surface area (Å²) >= 11 is 0. The molecule has 5 heteroatoms. The smallest absolute Gasteiger partial charge is 0.200 e. The Morgan fingerprint density at radius 3 is 1.47 bits per heavy atom. The predicted octanol–water partition coefficient (Wildman–Crippen LogP) is 3.51. The molecule has 2 unspecified atom stereocenters. The topological polar surface area (TPSA) is 0 Å². The van der Waals surface area contributed by atoms with E-state index in [1.807, 2.05) is 0 Å². The first-order valence-corrected chi connectivity index (χ1v) is 4.46. The van der Waals surface area contributed by atoms with Crippen molar-refractivity contribution in [3.63, 3.8) is 0 Å². The van der Waals surface area contributed by atoms with Gasteiger partial charge >= 0.3 is 0 Å². The van der Waals surface area contributed by atoms with Crippen LogP contribution in [0.5, 0.6) is 0 Å². The summed E-state index contributed by atoms with van der Waals surface area (Å²) in [5, 5.41) is 0. The van der Waals surface area contributed by atoms with Gasteiger partial charge in [0, 0.05) is 5.56 Å². The molecule has 0 radical (unpaired) electrons. The summed E-state index contributed by atoms with van der Waals surface area (Å²) in [6, 6.07) is 0. The maximum absolute atomic E-state index is 13.1. The van der Waals surface area contributed by atoms with Gasteiger partial charge in [-0.25, -0.2) is 22.0 Å². The molecule has 2 atom stereocenters. The lowest BCUT2D eigenvalue weighted by molar-refractivity contribution is 0.369. The fraction of sp³-hybridized carbons (Fsp3) is 0.400. The van der Waals surface area contributed by atoms with Crippen LogP contribution in [0, 0.1) is 35.0 Å². The van der Waals surface area contributed by atoms with Gasteiger partial charge in [0.25, 0.3) is 0 Å². The third-order valence-electron chi connectivity index (χ3n) is 2.72. The van der Waals surface area contributed by atoms with Crippen molar-refractivity contribution in [1.82, 2.24) is 0 Å². The summed E-state index contributed by atoms with van der Waals surface area (Å²) in [6.45, 7) is 1.70. The second-order valence-electron chi connectivity index (χ2n) is 3.80. The van der Waals surface area contributed by atoms with E-state index in [2.05, 4.69) is 0 Å². The summed E-state index contributed by atoms with van der Waals surface area (Å²) < 4.78 is 64.5. The number of rotatable bonds is 1. The van der Waals surface area contributed by atoms with Crippen molar-refractivity contribution in [3.05, 3.63) is 34.6 Å². The molecule has 0 saturated heterocycles. The molecule has 0 nitrogen and oxygen atoms in total. The molecule has 1 fully saturated rings. The Kier molecular flexibility index (Phi) is 2.20. The van der Waals surface area contributed by atoms with Gasteiger partial charge < -0.3 is 0 Å². The molecule has 82 valence electrons. The molecule has 0 bridgehead atoms. The lowest BCUT2D eigenvalue weighted by Gasteiger charge is -2.06. The quantitative estimate of drug-likeness (QED) is 0.387. The molecular weight excluding hydrogens is 215 g/mol. The second kappa shape index (κ2) is 3.18. The van der Waals surface area contributed by atoms with Crippen LogP contribution in [0.2, 0.25) is 0 Å². The van der Waals surface area contributed by atoms with Gasteiger partial charge in [-0.05, 0) is 18.3 Å². The van der Waals surface area contributed by atoms with Gasteiger partial charge in [-0.2, -0.15) is 0 Å². The first kappa shape index (κ1) is 10.4. The summed E-state index contributed by atoms with van der Waals surface area (Å²) in [5.74, 6) is -9.78. The third kappa shape index (κ3) is 1.41. The van der Waals surface area contributed by atoms with Crippen LogP contribution in [0.4, 0.5) is 22.0 Å². The van der Waals surface area contributed by atoms with Gasteiger partial charge in [0.1, 0.15) is 0 Å². The molecule has 0 N–H and O–H groups in total. The Balaban J connectivity index is 2.64. The second-order valence-corrected chi connectivity index (χ2v) is 3.80. The summed E-state index contributed by atoms with van der Waals surface area (Å²) in [4.78, 5) is 0. The van der Waals surface area contributed by atoms with Crippen LogP contribution in [0.25, 0.3) is 0 Å². The van der Waals surface area contributed by atoms with Crippen LogP contribution < -0.4 is 0 Å². The Morgan fingerprint density at radius 2 is 1.13 bits per heavy atom. The van der Waals surface area contributed by atoms with E-state index in [1.54, 1.807) is 6.92 Å². The van der Waals surface area contributed by atoms with Crippen molar-refractivity contribution in [3.8, 4) is 0 Å². The molecule has 15 heavy (non-hydrogen) atoms. The molecule has 1 aliphatic carbocycles. The minimum Gasteiger partial charge on any atom is -0.203 e. The van der Waals surface area contributed by atoms with Crippen molar-refractivity contribution < 1.29 is 22.0 Å². The molecule has 0 heterocycles. The monoisotopic (exact) mass is 222 g/mol. The van der Waals surface area contributed by atoms with Gasteiger partial charge in [0.05, 0.1) is 0 Å². The van der Waals surface area contributed by atoms with Crippen molar-refractivity contribution in [2.24, 2.45) is 5.92 Å². The minimum absolute atomic E-state index is 0.0294. The van der Waals surface area contributed by atoms with E-state index in [1.165, 1.54) is 0 Å². The number of benzene rings is 1. The van der Waals surface area contributed by atoms with E-state index in [4.69, 9.17) is 0 Å². The highest BCUT2D eigenvalue weighted by Gasteiger charge is 2.41. The molecule has 0 amide bonds. The maximum Gasteiger partial charge on any atom is 0.200 e. The van der Waals surface area contributed by atoms with Crippen molar-refractivity contribution >= 4 is 0 Å². The third-order valence-corrected chi connectivity index (χ3v) is 2.72.